The molecule has 152 valence electrons. The van der Waals surface area contributed by atoms with Gasteiger partial charge in [0.05, 0.1) is 7.11 Å². The smallest absolute Gasteiger partial charge is 0.258 e. The Kier molecular flexibility index (Phi) is 7.22. The van der Waals surface area contributed by atoms with Crippen LogP contribution < -0.4 is 14.8 Å². The fourth-order valence-corrected chi connectivity index (χ4v) is 2.65. The minimum Gasteiger partial charge on any atom is -0.497 e. The Bertz CT molecular complexity index is 905. The van der Waals surface area contributed by atoms with Crippen molar-refractivity contribution in [3.8, 4) is 22.9 Å². The number of carbonyl (C=O) groups is 1. The summed E-state index contributed by atoms with van der Waals surface area (Å²) in [7, 11) is 1.62. The van der Waals surface area contributed by atoms with Crippen molar-refractivity contribution < 1.29 is 18.8 Å². The number of unbranched alkanes of at least 4 members (excludes halogenated alkanes) is 1. The van der Waals surface area contributed by atoms with Crippen molar-refractivity contribution in [1.82, 2.24) is 15.5 Å². The normalized spacial score (nSPS) is 10.6. The maximum atomic E-state index is 12.0. The molecule has 1 amide bonds. The molecule has 29 heavy (non-hydrogen) atoms. The number of benzene rings is 2. The van der Waals surface area contributed by atoms with Crippen molar-refractivity contribution in [3.63, 3.8) is 0 Å². The molecule has 0 bridgehead atoms. The quantitative estimate of drug-likeness (QED) is 0.562. The van der Waals surface area contributed by atoms with E-state index >= 15 is 0 Å². The van der Waals surface area contributed by atoms with Crippen molar-refractivity contribution in [3.05, 3.63) is 60.0 Å². The van der Waals surface area contributed by atoms with Crippen molar-refractivity contribution in [2.75, 3.05) is 13.7 Å². The van der Waals surface area contributed by atoms with Crippen LogP contribution in [0.3, 0.4) is 0 Å². The highest BCUT2D eigenvalue weighted by Crippen LogP contribution is 2.20. The number of hydrogen-bond acceptors (Lipinski definition) is 6. The molecule has 3 rings (SSSR count). The van der Waals surface area contributed by atoms with Crippen LogP contribution in [0.15, 0.2) is 53.1 Å². The number of ether oxygens (including phenoxy) is 2. The summed E-state index contributed by atoms with van der Waals surface area (Å²) in [4.78, 5) is 16.4. The summed E-state index contributed by atoms with van der Waals surface area (Å²) < 4.78 is 15.9. The second-order valence-electron chi connectivity index (χ2n) is 6.55. The van der Waals surface area contributed by atoms with E-state index < -0.39 is 0 Å². The topological polar surface area (TPSA) is 86.5 Å². The van der Waals surface area contributed by atoms with Crippen LogP contribution >= 0.6 is 0 Å². The van der Waals surface area contributed by atoms with E-state index in [0.29, 0.717) is 24.0 Å². The fraction of sp³-hybridized carbons (Fsp3) is 0.318. The fourth-order valence-electron chi connectivity index (χ4n) is 2.65. The molecule has 0 radical (unpaired) electrons. The number of aromatic nitrogens is 2. The first-order valence-corrected chi connectivity index (χ1v) is 9.63. The molecule has 1 aromatic heterocycles. The number of amides is 1. The molecule has 7 heteroatoms. The zero-order valence-corrected chi connectivity index (χ0v) is 16.7. The molecule has 3 aromatic rings. The third kappa shape index (κ3) is 6.07. The molecule has 0 unspecified atom stereocenters. The van der Waals surface area contributed by atoms with Gasteiger partial charge in [0, 0.05) is 18.5 Å². The van der Waals surface area contributed by atoms with Crippen molar-refractivity contribution >= 4 is 5.91 Å². The van der Waals surface area contributed by atoms with Crippen molar-refractivity contribution in [1.29, 1.82) is 0 Å². The molecule has 0 fully saturated rings. The van der Waals surface area contributed by atoms with Crippen LogP contribution in [0.5, 0.6) is 11.5 Å². The molecule has 0 saturated heterocycles. The van der Waals surface area contributed by atoms with Crippen LogP contribution in [0, 0.1) is 0 Å². The maximum Gasteiger partial charge on any atom is 0.258 e. The minimum absolute atomic E-state index is 0.0567. The van der Waals surface area contributed by atoms with E-state index in [1.54, 1.807) is 19.2 Å². The summed E-state index contributed by atoms with van der Waals surface area (Å²) in [6.45, 7) is 2.50. The van der Waals surface area contributed by atoms with Crippen LogP contribution in [0.2, 0.25) is 0 Å². The van der Waals surface area contributed by atoms with Gasteiger partial charge in [-0.2, -0.15) is 4.98 Å². The van der Waals surface area contributed by atoms with E-state index in [-0.39, 0.29) is 12.5 Å². The van der Waals surface area contributed by atoms with Gasteiger partial charge >= 0.3 is 0 Å². The largest absolute Gasteiger partial charge is 0.497 e. The van der Waals surface area contributed by atoms with E-state index in [0.717, 1.165) is 36.1 Å². The summed E-state index contributed by atoms with van der Waals surface area (Å²) in [6.07, 6.45) is 2.89. The second kappa shape index (κ2) is 10.3. The van der Waals surface area contributed by atoms with E-state index in [1.165, 1.54) is 0 Å². The summed E-state index contributed by atoms with van der Waals surface area (Å²) in [5.41, 5.74) is 1.83. The van der Waals surface area contributed by atoms with Gasteiger partial charge in [-0.15, -0.1) is 0 Å². The van der Waals surface area contributed by atoms with Gasteiger partial charge in [-0.05, 0) is 48.4 Å². The van der Waals surface area contributed by atoms with Gasteiger partial charge in [-0.25, -0.2) is 0 Å². The Morgan fingerprint density at radius 1 is 1.07 bits per heavy atom. The Balaban J connectivity index is 1.45. The van der Waals surface area contributed by atoms with E-state index in [9.17, 15) is 4.79 Å². The predicted molar refractivity (Wildman–Crippen MR) is 109 cm³/mol. The first-order valence-electron chi connectivity index (χ1n) is 9.63. The van der Waals surface area contributed by atoms with Gasteiger partial charge in [0.25, 0.3) is 5.91 Å². The Hall–Kier alpha value is -3.35. The van der Waals surface area contributed by atoms with Gasteiger partial charge < -0.3 is 19.3 Å². The monoisotopic (exact) mass is 395 g/mol. The molecule has 0 aliphatic heterocycles. The zero-order chi connectivity index (χ0) is 20.5. The number of hydrogen-bond donors (Lipinski definition) is 1. The van der Waals surface area contributed by atoms with Crippen molar-refractivity contribution in [2.45, 2.75) is 32.7 Å². The molecule has 0 aliphatic carbocycles. The van der Waals surface area contributed by atoms with E-state index in [2.05, 4.69) is 22.4 Å². The molecule has 7 nitrogen and oxygen atoms in total. The first-order chi connectivity index (χ1) is 14.2. The Labute approximate surface area is 170 Å². The van der Waals surface area contributed by atoms with Crippen LogP contribution in [-0.4, -0.2) is 29.8 Å². The lowest BCUT2D eigenvalue weighted by molar-refractivity contribution is -0.123. The molecule has 0 atom stereocenters. The average Bonchev–Trinajstić information content (AvgIpc) is 3.24. The molecule has 1 heterocycles. The molecule has 2 aromatic carbocycles. The lowest BCUT2D eigenvalue weighted by Crippen LogP contribution is -2.28. The highest BCUT2D eigenvalue weighted by Gasteiger charge is 2.09. The van der Waals surface area contributed by atoms with Gasteiger partial charge in [0.1, 0.15) is 11.5 Å². The summed E-state index contributed by atoms with van der Waals surface area (Å²) in [6, 6.07) is 14.8. The SMILES string of the molecule is CCCCc1nc(-c2ccc(OCC(=O)NCc3ccc(OC)cc3)cc2)no1. The predicted octanol–water partition coefficient (Wildman–Crippen LogP) is 3.78. The second-order valence-corrected chi connectivity index (χ2v) is 6.55. The van der Waals surface area contributed by atoms with Crippen LogP contribution in [0.1, 0.15) is 31.2 Å². The van der Waals surface area contributed by atoms with Crippen molar-refractivity contribution in [2.24, 2.45) is 0 Å². The number of rotatable bonds is 10. The number of methoxy groups -OCH3 is 1. The average molecular weight is 395 g/mol. The third-order valence-electron chi connectivity index (χ3n) is 4.34. The minimum atomic E-state index is -0.191. The van der Waals surface area contributed by atoms with E-state index in [1.807, 2.05) is 36.4 Å². The lowest BCUT2D eigenvalue weighted by Gasteiger charge is -2.08. The molecular formula is C22H25N3O4. The standard InChI is InChI=1S/C22H25N3O4/c1-3-4-5-21-24-22(25-29-21)17-8-12-19(13-9-17)28-15-20(26)23-14-16-6-10-18(27-2)11-7-16/h6-13H,3-5,14-15H2,1-2H3,(H,23,26). The highest BCUT2D eigenvalue weighted by atomic mass is 16.5. The van der Waals surface area contributed by atoms with Gasteiger partial charge in [0.15, 0.2) is 6.61 Å². The Morgan fingerprint density at radius 2 is 1.79 bits per heavy atom. The number of carbonyl (C=O) groups excluding carboxylic acids is 1. The highest BCUT2D eigenvalue weighted by molar-refractivity contribution is 5.77. The maximum absolute atomic E-state index is 12.0. The number of nitrogens with zero attached hydrogens (tertiary/aromatic N) is 2. The molecule has 0 spiro atoms. The van der Waals surface area contributed by atoms with Gasteiger partial charge in [-0.1, -0.05) is 30.6 Å². The molecular weight excluding hydrogens is 370 g/mol. The van der Waals surface area contributed by atoms with Gasteiger partial charge in [0.2, 0.25) is 11.7 Å². The zero-order valence-electron chi connectivity index (χ0n) is 16.7. The number of nitrogens with one attached hydrogen (secondary N) is 1. The summed E-state index contributed by atoms with van der Waals surface area (Å²) >= 11 is 0. The molecule has 0 saturated carbocycles. The molecule has 1 N–H and O–H groups in total. The Morgan fingerprint density at radius 3 is 2.48 bits per heavy atom. The first kappa shape index (κ1) is 20.4. The van der Waals surface area contributed by atoms with Crippen LogP contribution in [0.4, 0.5) is 0 Å². The number of aryl methyl sites for hydroxylation is 1. The third-order valence-corrected chi connectivity index (χ3v) is 4.34. The van der Waals surface area contributed by atoms with Gasteiger partial charge in [-0.3, -0.25) is 4.79 Å². The van der Waals surface area contributed by atoms with Crippen LogP contribution in [0.25, 0.3) is 11.4 Å². The summed E-state index contributed by atoms with van der Waals surface area (Å²) in [5, 5.41) is 6.83. The van der Waals surface area contributed by atoms with E-state index in [4.69, 9.17) is 14.0 Å². The molecule has 0 aliphatic rings. The summed E-state index contributed by atoms with van der Waals surface area (Å²) in [5.74, 6) is 2.40. The van der Waals surface area contributed by atoms with Crippen LogP contribution in [-0.2, 0) is 17.8 Å². The lowest BCUT2D eigenvalue weighted by atomic mass is 10.2.